The quantitative estimate of drug-likeness (QED) is 0.0519. The Kier molecular flexibility index (Phi) is 29.8. The van der Waals surface area contributed by atoms with Gasteiger partial charge in [0.05, 0.1) is 119 Å². The van der Waals surface area contributed by atoms with Crippen LogP contribution < -0.4 is 64.7 Å². The molecule has 0 unspecified atom stereocenters. The molecule has 30 nitrogen and oxygen atoms in total. The minimum atomic E-state index is -0.681. The molecular formula is C98H116F3N21O9. The lowest BCUT2D eigenvalue weighted by Crippen LogP contribution is -2.37. The van der Waals surface area contributed by atoms with Crippen molar-refractivity contribution in [1.82, 2.24) is 59.8 Å². The summed E-state index contributed by atoms with van der Waals surface area (Å²) in [4.78, 5) is 65.2. The largest absolute Gasteiger partial charge is 0.488 e. The summed E-state index contributed by atoms with van der Waals surface area (Å²) < 4.78 is 94.3. The number of halogens is 3. The smallest absolute Gasteiger partial charge is 0.168 e. The molecule has 0 spiro atoms. The minimum absolute atomic E-state index is 0.0317. The summed E-state index contributed by atoms with van der Waals surface area (Å²) >= 11 is 0. The predicted octanol–water partition coefficient (Wildman–Crippen LogP) is 15.5. The van der Waals surface area contributed by atoms with Crippen molar-refractivity contribution in [3.63, 3.8) is 0 Å². The van der Waals surface area contributed by atoms with Gasteiger partial charge in [-0.15, -0.1) is 0 Å². The summed E-state index contributed by atoms with van der Waals surface area (Å²) in [6.07, 6.45) is 33.8. The number of fused-ring (bicyclic) bond motifs is 4. The van der Waals surface area contributed by atoms with E-state index in [1.54, 1.807) is 61.8 Å². The second-order valence-electron chi connectivity index (χ2n) is 34.8. The first-order chi connectivity index (χ1) is 64.4. The van der Waals surface area contributed by atoms with E-state index in [-0.39, 0.29) is 48.1 Å². The number of aryl methyl sites for hydroxylation is 2. The van der Waals surface area contributed by atoms with E-state index in [9.17, 15) is 13.2 Å². The van der Waals surface area contributed by atoms with Gasteiger partial charge in [0.25, 0.3) is 0 Å². The monoisotopic (exact) mass is 1790 g/mol. The van der Waals surface area contributed by atoms with Crippen molar-refractivity contribution in [2.24, 2.45) is 0 Å². The molecule has 12 aromatic rings. The van der Waals surface area contributed by atoms with Crippen LogP contribution in [-0.4, -0.2) is 240 Å². The normalized spacial score (nSPS) is 22.0. The molecule has 0 bridgehead atoms. The molecule has 0 radical (unpaired) electrons. The molecule has 13 heterocycles. The van der Waals surface area contributed by atoms with Crippen molar-refractivity contribution in [3.05, 3.63) is 188 Å². The average Bonchev–Trinajstić information content (AvgIpc) is 0.804. The third kappa shape index (κ3) is 23.6. The number of ether oxygens (including phenoxy) is 9. The van der Waals surface area contributed by atoms with Gasteiger partial charge in [0, 0.05) is 205 Å². The van der Waals surface area contributed by atoms with Gasteiger partial charge in [-0.1, -0.05) is 12.1 Å². The molecule has 0 amide bonds. The van der Waals surface area contributed by atoms with Crippen molar-refractivity contribution in [3.8, 4) is 23.0 Å². The Labute approximate surface area is 760 Å². The van der Waals surface area contributed by atoms with Gasteiger partial charge in [0.1, 0.15) is 68.3 Å². The van der Waals surface area contributed by atoms with Crippen LogP contribution in [0, 0.1) is 31.3 Å². The molecule has 688 valence electrons. The van der Waals surface area contributed by atoms with Gasteiger partial charge < -0.3 is 88.4 Å². The summed E-state index contributed by atoms with van der Waals surface area (Å²) in [6, 6.07) is 30.1. The highest BCUT2D eigenvalue weighted by Gasteiger charge is 2.32. The number of pyridine rings is 4. The summed E-state index contributed by atoms with van der Waals surface area (Å²) in [5, 5.41) is 13.6. The summed E-state index contributed by atoms with van der Waals surface area (Å²) in [5.41, 5.74) is 13.4. The van der Waals surface area contributed by atoms with E-state index >= 15 is 0 Å². The van der Waals surface area contributed by atoms with Gasteiger partial charge in [-0.3, -0.25) is 19.9 Å². The summed E-state index contributed by atoms with van der Waals surface area (Å²) in [5.74, 6) is 4.90. The zero-order valence-corrected chi connectivity index (χ0v) is 74.5. The Balaban J connectivity index is 0.000000118. The van der Waals surface area contributed by atoms with Crippen molar-refractivity contribution >= 4 is 96.0 Å². The second-order valence-corrected chi connectivity index (χ2v) is 34.8. The highest BCUT2D eigenvalue weighted by Crippen LogP contribution is 2.40. The van der Waals surface area contributed by atoms with Crippen LogP contribution >= 0.6 is 0 Å². The fraction of sp³-hybridized carbons (Fsp3) is 0.469. The van der Waals surface area contributed by atoms with Gasteiger partial charge in [-0.05, 0) is 176 Å². The number of aromatic nitrogens is 12. The molecule has 8 aromatic heterocycles. The zero-order chi connectivity index (χ0) is 89.0. The van der Waals surface area contributed by atoms with E-state index in [1.165, 1.54) is 17.2 Å². The molecule has 5 saturated heterocycles. The lowest BCUT2D eigenvalue weighted by molar-refractivity contribution is 0.122. The maximum Gasteiger partial charge on any atom is 0.168 e. The van der Waals surface area contributed by atoms with E-state index in [4.69, 9.17) is 47.6 Å². The summed E-state index contributed by atoms with van der Waals surface area (Å²) in [7, 11) is 0. The van der Waals surface area contributed by atoms with Crippen LogP contribution in [-0.2, 0) is 23.7 Å². The van der Waals surface area contributed by atoms with Crippen LogP contribution in [0.25, 0.3) is 44.1 Å². The third-order valence-corrected chi connectivity index (χ3v) is 25.7. The van der Waals surface area contributed by atoms with Gasteiger partial charge in [-0.25, -0.2) is 53.0 Å². The zero-order valence-electron chi connectivity index (χ0n) is 74.5. The minimum Gasteiger partial charge on any atom is -0.488 e. The number of nitrogens with zero attached hydrogens (tertiary/aromatic N) is 17. The number of morpholine rings is 5. The van der Waals surface area contributed by atoms with Crippen molar-refractivity contribution in [2.45, 2.75) is 165 Å². The molecule has 9 aliphatic rings. The van der Waals surface area contributed by atoms with E-state index in [1.807, 2.05) is 18.3 Å². The topological polar surface area (TPSA) is 302 Å². The number of anilines is 9. The Morgan fingerprint density at radius 2 is 0.634 bits per heavy atom. The number of rotatable bonds is 21. The average molecular weight is 1790 g/mol. The van der Waals surface area contributed by atoms with Crippen LogP contribution in [0.4, 0.5) is 65.0 Å². The van der Waals surface area contributed by atoms with Crippen molar-refractivity contribution < 1.29 is 55.8 Å². The Bertz CT molecular complexity index is 5570. The molecule has 0 atom stereocenters. The number of nitrogens with one attached hydrogen (secondary N) is 4. The van der Waals surface area contributed by atoms with E-state index in [2.05, 4.69) is 175 Å². The van der Waals surface area contributed by atoms with Crippen molar-refractivity contribution in [1.29, 1.82) is 0 Å². The van der Waals surface area contributed by atoms with Crippen LogP contribution in [0.15, 0.2) is 159 Å². The highest BCUT2D eigenvalue weighted by atomic mass is 19.1. The molecule has 4 aromatic carbocycles. The molecule has 4 N–H and O–H groups in total. The van der Waals surface area contributed by atoms with Gasteiger partial charge in [0.15, 0.2) is 23.3 Å². The first kappa shape index (κ1) is 89.4. The molecule has 4 aliphatic carbocycles. The summed E-state index contributed by atoms with van der Waals surface area (Å²) in [6.45, 7) is 20.2. The van der Waals surface area contributed by atoms with Gasteiger partial charge in [0.2, 0.25) is 0 Å². The maximum atomic E-state index is 13.9. The highest BCUT2D eigenvalue weighted by molar-refractivity contribution is 5.88. The fourth-order valence-corrected chi connectivity index (χ4v) is 18.6. The van der Waals surface area contributed by atoms with Crippen LogP contribution in [0.5, 0.6) is 23.0 Å². The first-order valence-electron chi connectivity index (χ1n) is 46.6. The van der Waals surface area contributed by atoms with Gasteiger partial charge in [-0.2, -0.15) is 0 Å². The van der Waals surface area contributed by atoms with Gasteiger partial charge >= 0.3 is 0 Å². The molecule has 131 heavy (non-hydrogen) atoms. The number of hydrogen-bond donors (Lipinski definition) is 4. The molecular weight excluding hydrogens is 1670 g/mol. The Hall–Kier alpha value is -12.2. The number of benzene rings is 4. The van der Waals surface area contributed by atoms with Crippen LogP contribution in [0.2, 0.25) is 0 Å². The fourth-order valence-electron chi connectivity index (χ4n) is 18.6. The molecule has 9 fully saturated rings. The van der Waals surface area contributed by atoms with Crippen LogP contribution in [0.3, 0.4) is 0 Å². The second kappa shape index (κ2) is 43.7. The van der Waals surface area contributed by atoms with Crippen molar-refractivity contribution in [2.75, 3.05) is 177 Å². The van der Waals surface area contributed by atoms with E-state index in [0.717, 1.165) is 341 Å². The first-order valence-corrected chi connectivity index (χ1v) is 46.6. The lowest BCUT2D eigenvalue weighted by Gasteiger charge is -2.32. The SMILES string of the molecule is Cc1cnc(NC2CCC(Oc3cc(N4CCOCC4)cc4nccnc34)CC2)c(C)c1.Fc1cccnc1NC1CCC(Oc2cc(N3CCOCC3)cc3nccnc23)CC1.Fc1cnc(NC2CCC(Oc3cc(N4CCOCC4)cc4nccnc34)CC2)c(F)c1.c1cc(NC2CCC(Oc3cc(N4CCOCC4)cc4nccnc34)CC2)nc(N2CCOCC2)c1. The molecule has 5 aliphatic heterocycles. The Morgan fingerprint density at radius 1 is 0.305 bits per heavy atom. The lowest BCUT2D eigenvalue weighted by atomic mass is 9.92. The molecule has 21 rings (SSSR count). The third-order valence-electron chi connectivity index (χ3n) is 25.7. The standard InChI is InChI=1S/C27H34N6O3.C25H31N5O2.C23H25F2N5O2.C23H26FN5O2/c1-2-25(31-26(3-1)33-12-16-35-17-13-33)30-20-4-6-22(7-5-20)36-24-19-21(32-10-14-34-15-11-32)18-23-27(24)29-9-8-28-23;1-17-13-18(2)25(28-16-17)29-19-3-5-21(6-4-19)32-23-15-20(30-9-11-31-12-10-30)14-22-24(23)27-8-7-26-22;24-15-11-19(25)23(28-14-15)29-16-1-3-18(4-2-16)32-21-13-17(30-7-9-31-10-8-30)12-20-22(21)27-6-5-26-20;24-19-2-1-7-27-23(19)28-16-3-5-18(6-4-16)31-21-15-17(29-10-12-30-13-11-29)14-20-22(21)26-9-8-25-20/h1-3,8-9,18-20,22H,4-7,10-17H2,(H,30,31);7-8,13-16,19,21H,3-6,9-12H2,1-2H3,(H,28,29);5-6,11-14,16,18H,1-4,7-10H2,(H,28,29);1-2,7-9,14-16,18H,3-6,10-13H2,(H,27,28). The van der Waals surface area contributed by atoms with Crippen LogP contribution in [0.1, 0.15) is 114 Å². The maximum absolute atomic E-state index is 13.9. The predicted molar refractivity (Wildman–Crippen MR) is 501 cm³/mol. The number of hydrogen-bond acceptors (Lipinski definition) is 30. The van der Waals surface area contributed by atoms with E-state index < -0.39 is 11.6 Å². The van der Waals surface area contributed by atoms with E-state index in [0.29, 0.717) is 31.1 Å². The molecule has 33 heteroatoms. The molecule has 4 saturated carbocycles. The Morgan fingerprint density at radius 3 is 0.985 bits per heavy atom.